The molecule has 3 rings (SSSR count). The van der Waals surface area contributed by atoms with E-state index in [4.69, 9.17) is 11.6 Å². The minimum absolute atomic E-state index is 0.0496. The summed E-state index contributed by atoms with van der Waals surface area (Å²) in [6.07, 6.45) is 0. The molecule has 1 amide bonds. The van der Waals surface area contributed by atoms with Crippen LogP contribution in [0.5, 0.6) is 0 Å². The third kappa shape index (κ3) is 3.44. The van der Waals surface area contributed by atoms with E-state index in [1.165, 1.54) is 4.57 Å². The van der Waals surface area contributed by atoms with E-state index in [-0.39, 0.29) is 18.0 Å². The lowest BCUT2D eigenvalue weighted by Gasteiger charge is -2.14. The van der Waals surface area contributed by atoms with E-state index >= 15 is 0 Å². The molecule has 0 spiro atoms. The van der Waals surface area contributed by atoms with Gasteiger partial charge in [0.15, 0.2) is 0 Å². The molecule has 128 valence electrons. The van der Waals surface area contributed by atoms with Crippen molar-refractivity contribution in [3.05, 3.63) is 74.5 Å². The molecule has 0 aliphatic rings. The van der Waals surface area contributed by atoms with E-state index in [1.54, 1.807) is 18.2 Å². The van der Waals surface area contributed by atoms with Crippen LogP contribution in [0.2, 0.25) is 5.02 Å². The number of para-hydroxylation sites is 1. The van der Waals surface area contributed by atoms with Crippen LogP contribution in [-0.2, 0) is 11.3 Å². The first-order valence-corrected chi connectivity index (χ1v) is 8.40. The number of benzene rings is 2. The predicted molar refractivity (Wildman–Crippen MR) is 103 cm³/mol. The summed E-state index contributed by atoms with van der Waals surface area (Å²) >= 11 is 6.09. The fourth-order valence-electron chi connectivity index (χ4n) is 2.96. The quantitative estimate of drug-likeness (QED) is 0.765. The van der Waals surface area contributed by atoms with Crippen molar-refractivity contribution >= 4 is 34.1 Å². The number of nitrogens with zero attached hydrogens (tertiary/aromatic N) is 1. The fraction of sp³-hybridized carbons (Fsp3) is 0.200. The van der Waals surface area contributed by atoms with Gasteiger partial charge in [0.2, 0.25) is 5.91 Å². The normalized spacial score (nSPS) is 10.9. The molecule has 0 aliphatic heterocycles. The lowest BCUT2D eigenvalue weighted by molar-refractivity contribution is -0.116. The Morgan fingerprint density at radius 1 is 1.04 bits per heavy atom. The van der Waals surface area contributed by atoms with Crippen molar-refractivity contribution in [1.82, 2.24) is 4.57 Å². The van der Waals surface area contributed by atoms with Gasteiger partial charge in [-0.05, 0) is 49.6 Å². The summed E-state index contributed by atoms with van der Waals surface area (Å²) in [5, 5.41) is 4.37. The molecule has 2 aromatic carbocycles. The number of anilines is 1. The Morgan fingerprint density at radius 3 is 2.52 bits per heavy atom. The number of aromatic nitrogens is 1. The molecule has 0 aliphatic carbocycles. The summed E-state index contributed by atoms with van der Waals surface area (Å²) < 4.78 is 1.52. The molecule has 0 saturated carbocycles. The Labute approximate surface area is 151 Å². The van der Waals surface area contributed by atoms with Crippen LogP contribution >= 0.6 is 11.6 Å². The third-order valence-corrected chi connectivity index (χ3v) is 4.70. The first kappa shape index (κ1) is 17.2. The highest BCUT2D eigenvalue weighted by molar-refractivity contribution is 6.31. The third-order valence-electron chi connectivity index (χ3n) is 4.30. The summed E-state index contributed by atoms with van der Waals surface area (Å²) in [6.45, 7) is 5.69. The Balaban J connectivity index is 1.96. The number of aryl methyl sites for hydroxylation is 3. The van der Waals surface area contributed by atoms with Crippen molar-refractivity contribution in [3.8, 4) is 0 Å². The maximum absolute atomic E-state index is 12.5. The number of carbonyl (C=O) groups is 1. The Kier molecular flexibility index (Phi) is 4.64. The van der Waals surface area contributed by atoms with Crippen LogP contribution in [0.1, 0.15) is 16.7 Å². The van der Waals surface area contributed by atoms with Gasteiger partial charge in [-0.3, -0.25) is 14.2 Å². The monoisotopic (exact) mass is 354 g/mol. The largest absolute Gasteiger partial charge is 0.324 e. The summed E-state index contributed by atoms with van der Waals surface area (Å²) in [7, 11) is 0. The highest BCUT2D eigenvalue weighted by atomic mass is 35.5. The van der Waals surface area contributed by atoms with E-state index < -0.39 is 0 Å². The molecular formula is C20H19ClN2O2. The zero-order chi connectivity index (χ0) is 18.1. The first-order valence-electron chi connectivity index (χ1n) is 8.02. The number of rotatable bonds is 3. The van der Waals surface area contributed by atoms with Gasteiger partial charge in [0, 0.05) is 22.2 Å². The summed E-state index contributed by atoms with van der Waals surface area (Å²) in [5.41, 5.74) is 4.04. The molecular weight excluding hydrogens is 336 g/mol. The van der Waals surface area contributed by atoms with Gasteiger partial charge in [-0.25, -0.2) is 0 Å². The average Bonchev–Trinajstić information content (AvgIpc) is 2.55. The van der Waals surface area contributed by atoms with Gasteiger partial charge in [0.25, 0.3) is 5.56 Å². The molecule has 0 atom stereocenters. The van der Waals surface area contributed by atoms with Crippen molar-refractivity contribution in [2.45, 2.75) is 27.3 Å². The molecule has 0 bridgehead atoms. The molecule has 1 N–H and O–H groups in total. The number of fused-ring (bicyclic) bond motifs is 1. The zero-order valence-electron chi connectivity index (χ0n) is 14.4. The highest BCUT2D eigenvalue weighted by Crippen LogP contribution is 2.21. The van der Waals surface area contributed by atoms with Crippen LogP contribution in [0.25, 0.3) is 10.9 Å². The molecule has 1 heterocycles. The number of carbonyl (C=O) groups excluding carboxylic acids is 1. The van der Waals surface area contributed by atoms with Gasteiger partial charge in [0.1, 0.15) is 6.54 Å². The van der Waals surface area contributed by atoms with Crippen LogP contribution in [0.3, 0.4) is 0 Å². The summed E-state index contributed by atoms with van der Waals surface area (Å²) in [4.78, 5) is 24.9. The Bertz CT molecular complexity index is 1040. The van der Waals surface area contributed by atoms with Crippen LogP contribution < -0.4 is 10.9 Å². The fourth-order valence-corrected chi connectivity index (χ4v) is 3.14. The molecule has 0 unspecified atom stereocenters. The molecule has 3 aromatic rings. The smallest absolute Gasteiger partial charge is 0.251 e. The molecule has 25 heavy (non-hydrogen) atoms. The second kappa shape index (κ2) is 6.73. The SMILES string of the molecule is Cc1ccc(NC(=O)Cn2c(=O)cc(C)c3cccc(C)c32)cc1Cl. The first-order chi connectivity index (χ1) is 11.9. The lowest BCUT2D eigenvalue weighted by Crippen LogP contribution is -2.28. The van der Waals surface area contributed by atoms with E-state index in [9.17, 15) is 9.59 Å². The van der Waals surface area contributed by atoms with Gasteiger partial charge in [0.05, 0.1) is 5.52 Å². The number of hydrogen-bond donors (Lipinski definition) is 1. The van der Waals surface area contributed by atoms with Gasteiger partial charge in [-0.15, -0.1) is 0 Å². The number of amides is 1. The highest BCUT2D eigenvalue weighted by Gasteiger charge is 2.12. The summed E-state index contributed by atoms with van der Waals surface area (Å²) in [5.74, 6) is -0.268. The maximum Gasteiger partial charge on any atom is 0.251 e. The van der Waals surface area contributed by atoms with Gasteiger partial charge in [-0.2, -0.15) is 0 Å². The minimum atomic E-state index is -0.268. The van der Waals surface area contributed by atoms with Crippen molar-refractivity contribution in [2.75, 3.05) is 5.32 Å². The minimum Gasteiger partial charge on any atom is -0.324 e. The Hall–Kier alpha value is -2.59. The molecule has 4 nitrogen and oxygen atoms in total. The van der Waals surface area contributed by atoms with Crippen LogP contribution in [-0.4, -0.2) is 10.5 Å². The van der Waals surface area contributed by atoms with Crippen molar-refractivity contribution in [1.29, 1.82) is 0 Å². The van der Waals surface area contributed by atoms with Crippen LogP contribution in [0.4, 0.5) is 5.69 Å². The van der Waals surface area contributed by atoms with Gasteiger partial charge < -0.3 is 5.32 Å². The predicted octanol–water partition coefficient (Wildman–Crippen LogP) is 4.22. The number of pyridine rings is 1. The molecule has 0 fully saturated rings. The number of halogens is 1. The molecule has 1 aromatic heterocycles. The second-order valence-corrected chi connectivity index (χ2v) is 6.64. The van der Waals surface area contributed by atoms with Crippen LogP contribution in [0, 0.1) is 20.8 Å². The Morgan fingerprint density at radius 2 is 1.80 bits per heavy atom. The van der Waals surface area contributed by atoms with E-state index in [0.717, 1.165) is 27.6 Å². The zero-order valence-corrected chi connectivity index (χ0v) is 15.1. The molecule has 0 saturated heterocycles. The second-order valence-electron chi connectivity index (χ2n) is 6.23. The van der Waals surface area contributed by atoms with Gasteiger partial charge in [-0.1, -0.05) is 35.9 Å². The standard InChI is InChI=1S/C20H19ClN2O2/c1-12-7-8-15(10-17(12)21)22-18(24)11-23-19(25)9-14(3)16-6-4-5-13(2)20(16)23/h4-10H,11H2,1-3H3,(H,22,24). The molecule has 5 heteroatoms. The van der Waals surface area contributed by atoms with Crippen LogP contribution in [0.15, 0.2) is 47.3 Å². The lowest BCUT2D eigenvalue weighted by atomic mass is 10.1. The topological polar surface area (TPSA) is 51.1 Å². The van der Waals surface area contributed by atoms with E-state index in [2.05, 4.69) is 5.32 Å². The van der Waals surface area contributed by atoms with Crippen molar-refractivity contribution in [2.24, 2.45) is 0 Å². The van der Waals surface area contributed by atoms with Crippen molar-refractivity contribution in [3.63, 3.8) is 0 Å². The van der Waals surface area contributed by atoms with E-state index in [0.29, 0.717) is 10.7 Å². The van der Waals surface area contributed by atoms with E-state index in [1.807, 2.05) is 45.0 Å². The summed E-state index contributed by atoms with van der Waals surface area (Å²) in [6, 6.07) is 12.8. The van der Waals surface area contributed by atoms with Gasteiger partial charge >= 0.3 is 0 Å². The number of nitrogens with one attached hydrogen (secondary N) is 1. The van der Waals surface area contributed by atoms with Crippen molar-refractivity contribution < 1.29 is 4.79 Å². The maximum atomic E-state index is 12.5. The average molecular weight is 355 g/mol. The number of hydrogen-bond acceptors (Lipinski definition) is 2. The molecule has 0 radical (unpaired) electrons.